The Kier molecular flexibility index (Phi) is 4.32. The molecule has 2 N–H and O–H groups in total. The number of esters is 1. The van der Waals surface area contributed by atoms with Crippen LogP contribution in [0.1, 0.15) is 42.6 Å². The van der Waals surface area contributed by atoms with Crippen LogP contribution in [0.5, 0.6) is 0 Å². The molecular weight excluding hydrogens is 276 g/mol. The molecule has 0 radical (unpaired) electrons. The van der Waals surface area contributed by atoms with Gasteiger partial charge in [0.15, 0.2) is 0 Å². The van der Waals surface area contributed by atoms with Gasteiger partial charge >= 0.3 is 12.0 Å². The van der Waals surface area contributed by atoms with E-state index in [4.69, 9.17) is 4.74 Å². The van der Waals surface area contributed by atoms with E-state index in [1.165, 1.54) is 11.3 Å². The first-order valence-electron chi connectivity index (χ1n) is 6.75. The van der Waals surface area contributed by atoms with Crippen molar-refractivity contribution in [3.05, 3.63) is 16.5 Å². The first-order valence-corrected chi connectivity index (χ1v) is 7.63. The molecule has 1 aliphatic carbocycles. The maximum Gasteiger partial charge on any atom is 0.341 e. The minimum absolute atomic E-state index is 0.257. The lowest BCUT2D eigenvalue weighted by atomic mass is 10.1. The van der Waals surface area contributed by atoms with Crippen LogP contribution in [0.15, 0.2) is 5.38 Å². The van der Waals surface area contributed by atoms with Gasteiger partial charge in [-0.25, -0.2) is 9.59 Å². The van der Waals surface area contributed by atoms with Crippen LogP contribution in [0.4, 0.5) is 9.80 Å². The summed E-state index contributed by atoms with van der Waals surface area (Å²) in [6.45, 7) is 6.72. The molecule has 2 rings (SSSR count). The molecule has 1 saturated carbocycles. The number of anilines is 1. The number of hydrogen-bond donors (Lipinski definition) is 2. The topological polar surface area (TPSA) is 67.4 Å². The third-order valence-corrected chi connectivity index (χ3v) is 4.47. The number of aryl methyl sites for hydroxylation is 1. The molecule has 0 bridgehead atoms. The largest absolute Gasteiger partial charge is 0.462 e. The van der Waals surface area contributed by atoms with Crippen molar-refractivity contribution >= 4 is 28.3 Å². The monoisotopic (exact) mass is 296 g/mol. The van der Waals surface area contributed by atoms with E-state index in [0.717, 1.165) is 18.4 Å². The Balaban J connectivity index is 1.98. The van der Waals surface area contributed by atoms with Crippen molar-refractivity contribution in [2.24, 2.45) is 5.41 Å². The van der Waals surface area contributed by atoms with E-state index in [2.05, 4.69) is 17.6 Å². The van der Waals surface area contributed by atoms with Crippen molar-refractivity contribution < 1.29 is 14.3 Å². The summed E-state index contributed by atoms with van der Waals surface area (Å²) in [5.41, 5.74) is 1.52. The Bertz CT molecular complexity index is 520. The van der Waals surface area contributed by atoms with Crippen molar-refractivity contribution in [3.63, 3.8) is 0 Å². The maximum atomic E-state index is 11.9. The Morgan fingerprint density at radius 3 is 2.75 bits per heavy atom. The normalized spacial score (nSPS) is 15.6. The predicted octanol–water partition coefficient (Wildman–Crippen LogP) is 3.15. The molecular formula is C14H20N2O3S. The number of rotatable bonds is 5. The van der Waals surface area contributed by atoms with Crippen LogP contribution in [0.25, 0.3) is 0 Å². The first-order chi connectivity index (χ1) is 9.45. The van der Waals surface area contributed by atoms with Crippen LogP contribution in [0.3, 0.4) is 0 Å². The van der Waals surface area contributed by atoms with Gasteiger partial charge in [-0.05, 0) is 43.0 Å². The fraction of sp³-hybridized carbons (Fsp3) is 0.571. The SMILES string of the molecule is CCOC(=O)c1c(C)csc1NC(=O)NCC1(C)CC1. The Labute approximate surface area is 122 Å². The number of nitrogens with one attached hydrogen (secondary N) is 2. The van der Waals surface area contributed by atoms with Gasteiger partial charge < -0.3 is 10.1 Å². The van der Waals surface area contributed by atoms with E-state index in [1.54, 1.807) is 6.92 Å². The van der Waals surface area contributed by atoms with Crippen LogP contribution in [0.2, 0.25) is 0 Å². The third-order valence-electron chi connectivity index (χ3n) is 3.46. The lowest BCUT2D eigenvalue weighted by Gasteiger charge is -2.11. The maximum absolute atomic E-state index is 11.9. The Hall–Kier alpha value is -1.56. The smallest absolute Gasteiger partial charge is 0.341 e. The quantitative estimate of drug-likeness (QED) is 0.820. The number of carbonyl (C=O) groups is 2. The number of hydrogen-bond acceptors (Lipinski definition) is 4. The first kappa shape index (κ1) is 14.8. The van der Waals surface area contributed by atoms with Gasteiger partial charge in [-0.15, -0.1) is 11.3 Å². The minimum Gasteiger partial charge on any atom is -0.462 e. The lowest BCUT2D eigenvalue weighted by molar-refractivity contribution is 0.0527. The zero-order valence-corrected chi connectivity index (χ0v) is 12.9. The van der Waals surface area contributed by atoms with E-state index in [1.807, 2.05) is 12.3 Å². The van der Waals surface area contributed by atoms with Crippen LogP contribution >= 0.6 is 11.3 Å². The summed E-state index contributed by atoms with van der Waals surface area (Å²) in [7, 11) is 0. The summed E-state index contributed by atoms with van der Waals surface area (Å²) in [5.74, 6) is -0.393. The van der Waals surface area contributed by atoms with Crippen LogP contribution < -0.4 is 10.6 Å². The van der Waals surface area contributed by atoms with Gasteiger partial charge in [-0.3, -0.25) is 5.32 Å². The van der Waals surface area contributed by atoms with Gasteiger partial charge in [0.1, 0.15) is 5.00 Å². The molecule has 2 amide bonds. The highest BCUT2D eigenvalue weighted by molar-refractivity contribution is 7.15. The highest BCUT2D eigenvalue weighted by Crippen LogP contribution is 2.44. The molecule has 0 aromatic carbocycles. The van der Waals surface area contributed by atoms with Crippen molar-refractivity contribution in [3.8, 4) is 0 Å². The van der Waals surface area contributed by atoms with Crippen molar-refractivity contribution in [2.75, 3.05) is 18.5 Å². The molecule has 0 aliphatic heterocycles. The summed E-state index contributed by atoms with van der Waals surface area (Å²) in [6, 6.07) is -0.273. The number of urea groups is 1. The molecule has 1 heterocycles. The fourth-order valence-corrected chi connectivity index (χ4v) is 2.75. The van der Waals surface area contributed by atoms with Gasteiger partial charge in [0.2, 0.25) is 0 Å². The second-order valence-corrected chi connectivity index (χ2v) is 6.34. The summed E-state index contributed by atoms with van der Waals surface area (Å²) >= 11 is 1.33. The van der Waals surface area contributed by atoms with Crippen LogP contribution in [-0.4, -0.2) is 25.2 Å². The highest BCUT2D eigenvalue weighted by atomic mass is 32.1. The molecule has 5 nitrogen and oxygen atoms in total. The summed E-state index contributed by atoms with van der Waals surface area (Å²) < 4.78 is 5.01. The molecule has 1 aliphatic rings. The molecule has 20 heavy (non-hydrogen) atoms. The number of ether oxygens (including phenoxy) is 1. The minimum atomic E-state index is -0.393. The number of amides is 2. The van der Waals surface area contributed by atoms with E-state index in [-0.39, 0.29) is 11.4 Å². The number of thiophene rings is 1. The average molecular weight is 296 g/mol. The van der Waals surface area contributed by atoms with E-state index in [9.17, 15) is 9.59 Å². The van der Waals surface area contributed by atoms with Crippen molar-refractivity contribution in [1.82, 2.24) is 5.32 Å². The second kappa shape index (κ2) is 5.83. The van der Waals surface area contributed by atoms with Gasteiger partial charge in [0.25, 0.3) is 0 Å². The predicted molar refractivity (Wildman–Crippen MR) is 79.4 cm³/mol. The molecule has 1 aromatic heterocycles. The molecule has 0 unspecified atom stereocenters. The molecule has 0 spiro atoms. The van der Waals surface area contributed by atoms with Gasteiger partial charge in [0.05, 0.1) is 12.2 Å². The van der Waals surface area contributed by atoms with Crippen molar-refractivity contribution in [1.29, 1.82) is 0 Å². The molecule has 0 saturated heterocycles. The zero-order chi connectivity index (χ0) is 14.8. The molecule has 110 valence electrons. The van der Waals surface area contributed by atoms with Gasteiger partial charge in [0, 0.05) is 6.54 Å². The molecule has 1 fully saturated rings. The summed E-state index contributed by atoms with van der Waals surface area (Å²) in [4.78, 5) is 23.7. The van der Waals surface area contributed by atoms with E-state index < -0.39 is 5.97 Å². The third kappa shape index (κ3) is 3.50. The lowest BCUT2D eigenvalue weighted by Crippen LogP contribution is -2.33. The van der Waals surface area contributed by atoms with Crippen LogP contribution in [0, 0.1) is 12.3 Å². The van der Waals surface area contributed by atoms with Gasteiger partial charge in [-0.2, -0.15) is 0 Å². The van der Waals surface area contributed by atoms with E-state index >= 15 is 0 Å². The highest BCUT2D eigenvalue weighted by Gasteiger charge is 2.37. The number of carbonyl (C=O) groups excluding carboxylic acids is 2. The average Bonchev–Trinajstić information content (AvgIpc) is 3.02. The standard InChI is InChI=1S/C14H20N2O3S/c1-4-19-12(17)10-9(2)7-20-11(10)16-13(18)15-8-14(3)5-6-14/h7H,4-6,8H2,1-3H3,(H2,15,16,18). The molecule has 1 aromatic rings. The summed E-state index contributed by atoms with van der Waals surface area (Å²) in [6.07, 6.45) is 2.30. The van der Waals surface area contributed by atoms with Gasteiger partial charge in [-0.1, -0.05) is 6.92 Å². The van der Waals surface area contributed by atoms with E-state index in [0.29, 0.717) is 23.7 Å². The Morgan fingerprint density at radius 1 is 1.45 bits per heavy atom. The zero-order valence-electron chi connectivity index (χ0n) is 12.0. The molecule has 0 atom stereocenters. The van der Waals surface area contributed by atoms with Crippen molar-refractivity contribution in [2.45, 2.75) is 33.6 Å². The second-order valence-electron chi connectivity index (χ2n) is 5.46. The molecule has 6 heteroatoms. The summed E-state index contributed by atoms with van der Waals surface area (Å²) in [5, 5.41) is 7.96. The fourth-order valence-electron chi connectivity index (χ4n) is 1.82. The Morgan fingerprint density at radius 2 is 2.15 bits per heavy atom. The van der Waals surface area contributed by atoms with Crippen LogP contribution in [-0.2, 0) is 4.74 Å².